The summed E-state index contributed by atoms with van der Waals surface area (Å²) in [5.41, 5.74) is 1.00. The van der Waals surface area contributed by atoms with E-state index in [-0.39, 0.29) is 0 Å². The number of hydrogen-bond donors (Lipinski definition) is 0. The third-order valence-electron chi connectivity index (χ3n) is 2.57. The minimum Gasteiger partial charge on any atom is -0.479 e. The maximum Gasteiger partial charge on any atom is 0.252 e. The Morgan fingerprint density at radius 1 is 1.40 bits per heavy atom. The number of halogens is 1. The summed E-state index contributed by atoms with van der Waals surface area (Å²) < 4.78 is 4.98. The smallest absolute Gasteiger partial charge is 0.252 e. The molecule has 0 atom stereocenters. The maximum atomic E-state index is 6.02. The second-order valence-electron chi connectivity index (χ2n) is 3.51. The summed E-state index contributed by atoms with van der Waals surface area (Å²) in [6.45, 7) is 0. The lowest BCUT2D eigenvalue weighted by molar-refractivity contribution is 0.390. The van der Waals surface area contributed by atoms with Gasteiger partial charge >= 0.3 is 0 Å². The fraction of sp³-hybridized carbons (Fsp3) is 0.600. The van der Waals surface area contributed by atoms with Gasteiger partial charge in [0.15, 0.2) is 0 Å². The Hall–Kier alpha value is -0.480. The molecule has 0 aromatic carbocycles. The zero-order valence-corrected chi connectivity index (χ0v) is 10.1. The highest BCUT2D eigenvalue weighted by Gasteiger charge is 2.18. The Balaban J connectivity index is 2.17. The molecule has 0 spiro atoms. The summed E-state index contributed by atoms with van der Waals surface area (Å²) in [7, 11) is 1.55. The van der Waals surface area contributed by atoms with Gasteiger partial charge < -0.3 is 4.74 Å². The highest BCUT2D eigenvalue weighted by Crippen LogP contribution is 2.32. The first kappa shape index (κ1) is 11.0. The van der Waals surface area contributed by atoms with E-state index in [0.717, 1.165) is 5.69 Å². The van der Waals surface area contributed by atoms with Crippen LogP contribution in [0.25, 0.3) is 0 Å². The third-order valence-corrected chi connectivity index (χ3v) is 3.89. The lowest BCUT2D eigenvalue weighted by Gasteiger charge is -2.20. The predicted molar refractivity (Wildman–Crippen MR) is 62.9 cm³/mol. The molecule has 5 heteroatoms. The quantitative estimate of drug-likeness (QED) is 0.801. The van der Waals surface area contributed by atoms with Gasteiger partial charge in [0, 0.05) is 5.92 Å². The maximum absolute atomic E-state index is 6.02. The van der Waals surface area contributed by atoms with Crippen molar-refractivity contribution in [2.45, 2.75) is 18.8 Å². The molecule has 0 N–H and O–H groups in total. The molecule has 0 unspecified atom stereocenters. The summed E-state index contributed by atoms with van der Waals surface area (Å²) in [4.78, 5) is 0. The van der Waals surface area contributed by atoms with E-state index in [0.29, 0.717) is 16.8 Å². The molecule has 1 saturated heterocycles. The van der Waals surface area contributed by atoms with Crippen molar-refractivity contribution in [2.24, 2.45) is 0 Å². The Bertz CT molecular complexity index is 342. The lowest BCUT2D eigenvalue weighted by Crippen LogP contribution is -2.10. The SMILES string of the molecule is COc1nnc(C2CCSCC2)cc1Cl. The highest BCUT2D eigenvalue weighted by molar-refractivity contribution is 7.99. The average molecular weight is 245 g/mol. The molecule has 0 saturated carbocycles. The number of hydrogen-bond acceptors (Lipinski definition) is 4. The lowest BCUT2D eigenvalue weighted by atomic mass is 9.99. The molecule has 15 heavy (non-hydrogen) atoms. The van der Waals surface area contributed by atoms with Crippen LogP contribution >= 0.6 is 23.4 Å². The Morgan fingerprint density at radius 2 is 2.13 bits per heavy atom. The van der Waals surface area contributed by atoms with Crippen molar-refractivity contribution in [1.29, 1.82) is 0 Å². The summed E-state index contributed by atoms with van der Waals surface area (Å²) in [6, 6.07) is 1.88. The van der Waals surface area contributed by atoms with E-state index in [9.17, 15) is 0 Å². The number of ether oxygens (including phenoxy) is 1. The van der Waals surface area contributed by atoms with Crippen molar-refractivity contribution in [2.75, 3.05) is 18.6 Å². The first-order chi connectivity index (χ1) is 7.31. The second-order valence-corrected chi connectivity index (χ2v) is 5.15. The molecule has 1 aromatic heterocycles. The van der Waals surface area contributed by atoms with Crippen LogP contribution in [0.2, 0.25) is 5.02 Å². The molecule has 1 aliphatic rings. The summed E-state index contributed by atoms with van der Waals surface area (Å²) in [6.07, 6.45) is 2.34. The van der Waals surface area contributed by atoms with Gasteiger partial charge in [0.05, 0.1) is 12.8 Å². The van der Waals surface area contributed by atoms with E-state index in [1.807, 2.05) is 17.8 Å². The van der Waals surface area contributed by atoms with Crippen molar-refractivity contribution < 1.29 is 4.74 Å². The number of aromatic nitrogens is 2. The number of thioether (sulfide) groups is 1. The Labute approximate surface area is 98.6 Å². The van der Waals surface area contributed by atoms with Gasteiger partial charge in [-0.15, -0.1) is 5.10 Å². The van der Waals surface area contributed by atoms with E-state index in [1.54, 1.807) is 7.11 Å². The monoisotopic (exact) mass is 244 g/mol. The van der Waals surface area contributed by atoms with Crippen LogP contribution in [0.5, 0.6) is 5.88 Å². The molecule has 0 aliphatic carbocycles. The fourth-order valence-electron chi connectivity index (χ4n) is 1.70. The molecule has 2 rings (SSSR count). The first-order valence-corrected chi connectivity index (χ1v) is 6.49. The first-order valence-electron chi connectivity index (χ1n) is 4.96. The van der Waals surface area contributed by atoms with Crippen LogP contribution in [0, 0.1) is 0 Å². The summed E-state index contributed by atoms with van der Waals surface area (Å²) in [5.74, 6) is 3.33. The van der Waals surface area contributed by atoms with E-state index in [4.69, 9.17) is 16.3 Å². The number of rotatable bonds is 2. The fourth-order valence-corrected chi connectivity index (χ4v) is 3.04. The molecule has 1 aromatic rings. The second kappa shape index (κ2) is 5.03. The van der Waals surface area contributed by atoms with Crippen molar-refractivity contribution in [3.63, 3.8) is 0 Å². The van der Waals surface area contributed by atoms with Crippen molar-refractivity contribution in [3.05, 3.63) is 16.8 Å². The topological polar surface area (TPSA) is 35.0 Å². The summed E-state index contributed by atoms with van der Waals surface area (Å²) >= 11 is 8.02. The molecule has 3 nitrogen and oxygen atoms in total. The van der Waals surface area contributed by atoms with Gasteiger partial charge in [0.2, 0.25) is 0 Å². The molecule has 0 amide bonds. The molecule has 2 heterocycles. The van der Waals surface area contributed by atoms with Crippen LogP contribution in [0.4, 0.5) is 0 Å². The summed E-state index contributed by atoms with van der Waals surface area (Å²) in [5, 5.41) is 8.68. The number of methoxy groups -OCH3 is 1. The van der Waals surface area contributed by atoms with Gasteiger partial charge in [-0.2, -0.15) is 16.9 Å². The Morgan fingerprint density at radius 3 is 2.73 bits per heavy atom. The number of nitrogens with zero attached hydrogens (tertiary/aromatic N) is 2. The normalized spacial score (nSPS) is 17.7. The van der Waals surface area contributed by atoms with Crippen LogP contribution in [0.3, 0.4) is 0 Å². The van der Waals surface area contributed by atoms with Crippen molar-refractivity contribution >= 4 is 23.4 Å². The van der Waals surface area contributed by atoms with Crippen LogP contribution in [0.1, 0.15) is 24.5 Å². The minimum absolute atomic E-state index is 0.408. The van der Waals surface area contributed by atoms with Gasteiger partial charge in [-0.3, -0.25) is 0 Å². The standard InChI is InChI=1S/C10H13ClN2OS/c1-14-10-8(11)6-9(12-13-10)7-2-4-15-5-3-7/h6-7H,2-5H2,1H3. The average Bonchev–Trinajstić information content (AvgIpc) is 2.30. The molecule has 1 aliphatic heterocycles. The highest BCUT2D eigenvalue weighted by atomic mass is 35.5. The van der Waals surface area contributed by atoms with Crippen LogP contribution in [-0.2, 0) is 0 Å². The van der Waals surface area contributed by atoms with E-state index < -0.39 is 0 Å². The van der Waals surface area contributed by atoms with Crippen LogP contribution < -0.4 is 4.74 Å². The molecular weight excluding hydrogens is 232 g/mol. The minimum atomic E-state index is 0.408. The van der Waals surface area contributed by atoms with Crippen LogP contribution in [0.15, 0.2) is 6.07 Å². The molecular formula is C10H13ClN2OS. The van der Waals surface area contributed by atoms with Gasteiger partial charge in [-0.05, 0) is 30.4 Å². The molecule has 82 valence electrons. The van der Waals surface area contributed by atoms with Crippen LogP contribution in [-0.4, -0.2) is 28.8 Å². The van der Waals surface area contributed by atoms with Crippen molar-refractivity contribution in [1.82, 2.24) is 10.2 Å². The molecule has 1 fully saturated rings. The third kappa shape index (κ3) is 2.55. The molecule has 0 bridgehead atoms. The van der Waals surface area contributed by atoms with Gasteiger partial charge in [0.25, 0.3) is 5.88 Å². The van der Waals surface area contributed by atoms with E-state index >= 15 is 0 Å². The Kier molecular flexibility index (Phi) is 3.70. The van der Waals surface area contributed by atoms with Gasteiger partial charge in [0.1, 0.15) is 5.02 Å². The van der Waals surface area contributed by atoms with Crippen molar-refractivity contribution in [3.8, 4) is 5.88 Å². The van der Waals surface area contributed by atoms with E-state index in [1.165, 1.54) is 24.3 Å². The van der Waals surface area contributed by atoms with Gasteiger partial charge in [-0.1, -0.05) is 11.6 Å². The van der Waals surface area contributed by atoms with E-state index in [2.05, 4.69) is 10.2 Å². The van der Waals surface area contributed by atoms with Gasteiger partial charge in [-0.25, -0.2) is 0 Å². The zero-order valence-electron chi connectivity index (χ0n) is 8.57. The predicted octanol–water partition coefficient (Wildman–Crippen LogP) is 2.75. The largest absolute Gasteiger partial charge is 0.479 e. The zero-order chi connectivity index (χ0) is 10.7. The molecule has 0 radical (unpaired) electrons.